The first-order chi connectivity index (χ1) is 16.0. The lowest BCUT2D eigenvalue weighted by Gasteiger charge is -2.12. The minimum absolute atomic E-state index is 0.133. The average Bonchev–Trinajstić information content (AvgIpc) is 3.25. The summed E-state index contributed by atoms with van der Waals surface area (Å²) in [5.41, 5.74) is 15.0. The quantitative estimate of drug-likeness (QED) is 0.392. The zero-order valence-electron chi connectivity index (χ0n) is 18.8. The first kappa shape index (κ1) is 22.2. The van der Waals surface area contributed by atoms with Crippen molar-refractivity contribution < 1.29 is 23.4 Å². The molecule has 33 heavy (non-hydrogen) atoms. The van der Waals surface area contributed by atoms with E-state index in [4.69, 9.17) is 34.8 Å². The summed E-state index contributed by atoms with van der Waals surface area (Å²) >= 11 is 0. The number of hydrogen-bond acceptors (Lipinski definition) is 9. The molecule has 0 saturated carbocycles. The highest BCUT2D eigenvalue weighted by molar-refractivity contribution is 5.90. The predicted molar refractivity (Wildman–Crippen MR) is 124 cm³/mol. The topological polar surface area (TPSA) is 128 Å². The fourth-order valence-corrected chi connectivity index (χ4v) is 3.59. The largest absolute Gasteiger partial charge is 0.497 e. The van der Waals surface area contributed by atoms with Crippen LogP contribution in [-0.2, 0) is 24.4 Å². The van der Waals surface area contributed by atoms with Crippen LogP contribution in [0.1, 0.15) is 22.5 Å². The van der Waals surface area contributed by atoms with Gasteiger partial charge in [-0.05, 0) is 35.4 Å². The van der Waals surface area contributed by atoms with Crippen LogP contribution in [0.4, 0.5) is 11.8 Å². The summed E-state index contributed by atoms with van der Waals surface area (Å²) < 4.78 is 28.3. The Hall–Kier alpha value is -3.98. The Morgan fingerprint density at radius 2 is 1.70 bits per heavy atom. The van der Waals surface area contributed by atoms with Crippen LogP contribution >= 0.6 is 0 Å². The zero-order chi connectivity index (χ0) is 23.4. The van der Waals surface area contributed by atoms with Gasteiger partial charge in [-0.2, -0.15) is 4.98 Å². The van der Waals surface area contributed by atoms with E-state index in [2.05, 4.69) is 9.97 Å². The second kappa shape index (κ2) is 9.66. The molecule has 172 valence electrons. The van der Waals surface area contributed by atoms with Gasteiger partial charge in [-0.25, -0.2) is 4.98 Å². The smallest absolute Gasteiger partial charge is 0.221 e. The molecule has 4 rings (SSSR count). The van der Waals surface area contributed by atoms with Crippen LogP contribution in [-0.4, -0.2) is 31.3 Å². The summed E-state index contributed by atoms with van der Waals surface area (Å²) in [5.74, 6) is 2.99. The molecule has 0 radical (unpaired) electrons. The van der Waals surface area contributed by atoms with Crippen molar-refractivity contribution in [1.82, 2.24) is 9.97 Å². The van der Waals surface area contributed by atoms with Gasteiger partial charge >= 0.3 is 0 Å². The number of fused-ring (bicyclic) bond motifs is 1. The molecule has 9 nitrogen and oxygen atoms in total. The molecule has 0 amide bonds. The van der Waals surface area contributed by atoms with Crippen molar-refractivity contribution in [2.45, 2.75) is 19.6 Å². The minimum Gasteiger partial charge on any atom is -0.497 e. The van der Waals surface area contributed by atoms with Crippen LogP contribution in [0.15, 0.2) is 47.0 Å². The van der Waals surface area contributed by atoms with E-state index in [0.717, 1.165) is 27.8 Å². The molecule has 2 heterocycles. The Labute approximate surface area is 191 Å². The van der Waals surface area contributed by atoms with E-state index in [9.17, 15) is 0 Å². The van der Waals surface area contributed by atoms with E-state index in [1.54, 1.807) is 27.5 Å². The molecule has 0 bridgehead atoms. The SMILES string of the molecule is COc1ccc(COCc2cc3c(Cc4cnc(N)nc4N)cc(OC)c(OC)c3o2)cc1. The first-order valence-electron chi connectivity index (χ1n) is 10.3. The minimum atomic E-state index is 0.133. The number of ether oxygens (including phenoxy) is 4. The Bertz CT molecular complexity index is 1250. The molecule has 0 aliphatic rings. The fraction of sp³-hybridized carbons (Fsp3) is 0.250. The van der Waals surface area contributed by atoms with Crippen molar-refractivity contribution in [2.75, 3.05) is 32.8 Å². The number of furan rings is 1. The summed E-state index contributed by atoms with van der Waals surface area (Å²) in [7, 11) is 4.79. The van der Waals surface area contributed by atoms with E-state index >= 15 is 0 Å². The molecule has 0 saturated heterocycles. The van der Waals surface area contributed by atoms with E-state index in [0.29, 0.717) is 48.3 Å². The molecule has 2 aromatic carbocycles. The number of aromatic nitrogens is 2. The van der Waals surface area contributed by atoms with Crippen LogP contribution in [0, 0.1) is 0 Å². The van der Waals surface area contributed by atoms with Crippen molar-refractivity contribution in [3.8, 4) is 17.2 Å². The third kappa shape index (κ3) is 4.78. The lowest BCUT2D eigenvalue weighted by atomic mass is 10.0. The highest BCUT2D eigenvalue weighted by atomic mass is 16.5. The molecular formula is C24H26N4O5. The van der Waals surface area contributed by atoms with Gasteiger partial charge in [-0.1, -0.05) is 12.1 Å². The molecule has 0 atom stereocenters. The number of nitrogens with two attached hydrogens (primary N) is 2. The van der Waals surface area contributed by atoms with Gasteiger partial charge in [0.15, 0.2) is 11.3 Å². The van der Waals surface area contributed by atoms with E-state index < -0.39 is 0 Å². The molecule has 0 unspecified atom stereocenters. The summed E-state index contributed by atoms with van der Waals surface area (Å²) in [6.07, 6.45) is 2.09. The maximum Gasteiger partial charge on any atom is 0.221 e. The van der Waals surface area contributed by atoms with Gasteiger partial charge in [0.2, 0.25) is 11.7 Å². The molecular weight excluding hydrogens is 424 g/mol. The molecule has 2 aromatic heterocycles. The van der Waals surface area contributed by atoms with E-state index in [1.165, 1.54) is 0 Å². The Balaban J connectivity index is 1.61. The number of rotatable bonds is 9. The van der Waals surface area contributed by atoms with Crippen molar-refractivity contribution in [3.63, 3.8) is 0 Å². The van der Waals surface area contributed by atoms with E-state index in [-0.39, 0.29) is 5.95 Å². The number of nitrogens with zero attached hydrogens (tertiary/aromatic N) is 2. The summed E-state index contributed by atoms with van der Waals surface area (Å²) in [5, 5.41) is 0.868. The van der Waals surface area contributed by atoms with Gasteiger partial charge in [-0.15, -0.1) is 0 Å². The van der Waals surface area contributed by atoms with Gasteiger partial charge in [0, 0.05) is 23.6 Å². The number of benzene rings is 2. The second-order valence-electron chi connectivity index (χ2n) is 7.38. The highest BCUT2D eigenvalue weighted by Crippen LogP contribution is 2.40. The van der Waals surface area contributed by atoms with Gasteiger partial charge in [-0.3, -0.25) is 0 Å². The number of nitrogen functional groups attached to an aromatic ring is 2. The van der Waals surface area contributed by atoms with Crippen LogP contribution in [0.25, 0.3) is 11.0 Å². The maximum atomic E-state index is 6.10. The van der Waals surface area contributed by atoms with Gasteiger partial charge < -0.3 is 34.8 Å². The van der Waals surface area contributed by atoms with E-state index in [1.807, 2.05) is 36.4 Å². The lowest BCUT2D eigenvalue weighted by molar-refractivity contribution is 0.0939. The standard InChI is InChI=1S/C24H26N4O5/c1-29-17-6-4-14(5-7-17)12-32-13-18-10-19-15(8-16-11-27-24(26)28-23(16)25)9-20(30-2)22(31-3)21(19)33-18/h4-7,9-11H,8,12-13H2,1-3H3,(H4,25,26,27,28). The maximum absolute atomic E-state index is 6.10. The number of hydrogen-bond donors (Lipinski definition) is 2. The monoisotopic (exact) mass is 450 g/mol. The molecule has 9 heteroatoms. The van der Waals surface area contributed by atoms with Crippen molar-refractivity contribution in [1.29, 1.82) is 0 Å². The van der Waals surface area contributed by atoms with Crippen LogP contribution in [0.2, 0.25) is 0 Å². The molecule has 4 aromatic rings. The Morgan fingerprint density at radius 3 is 2.36 bits per heavy atom. The normalized spacial score (nSPS) is 11.0. The Kier molecular flexibility index (Phi) is 6.50. The Morgan fingerprint density at radius 1 is 0.909 bits per heavy atom. The van der Waals surface area contributed by atoms with Gasteiger partial charge in [0.1, 0.15) is 23.9 Å². The van der Waals surface area contributed by atoms with Crippen LogP contribution in [0.3, 0.4) is 0 Å². The third-order valence-electron chi connectivity index (χ3n) is 5.26. The van der Waals surface area contributed by atoms with Gasteiger partial charge in [0.25, 0.3) is 0 Å². The fourth-order valence-electron chi connectivity index (χ4n) is 3.59. The average molecular weight is 450 g/mol. The van der Waals surface area contributed by atoms with Crippen LogP contribution < -0.4 is 25.7 Å². The first-order valence-corrected chi connectivity index (χ1v) is 10.3. The van der Waals surface area contributed by atoms with Crippen molar-refractivity contribution in [3.05, 3.63) is 65.0 Å². The third-order valence-corrected chi connectivity index (χ3v) is 5.26. The molecule has 0 spiro atoms. The molecule has 0 fully saturated rings. The van der Waals surface area contributed by atoms with Gasteiger partial charge in [0.05, 0.1) is 27.9 Å². The highest BCUT2D eigenvalue weighted by Gasteiger charge is 2.20. The lowest BCUT2D eigenvalue weighted by Crippen LogP contribution is -2.04. The summed E-state index contributed by atoms with van der Waals surface area (Å²) in [4.78, 5) is 8.11. The molecule has 4 N–H and O–H groups in total. The summed E-state index contributed by atoms with van der Waals surface area (Å²) in [6, 6.07) is 11.6. The van der Waals surface area contributed by atoms with Crippen molar-refractivity contribution in [2.24, 2.45) is 0 Å². The molecule has 0 aliphatic carbocycles. The molecule has 0 aliphatic heterocycles. The number of anilines is 2. The number of methoxy groups -OCH3 is 3. The van der Waals surface area contributed by atoms with Crippen LogP contribution in [0.5, 0.6) is 17.2 Å². The van der Waals surface area contributed by atoms with Crippen molar-refractivity contribution >= 4 is 22.7 Å². The summed E-state index contributed by atoms with van der Waals surface area (Å²) in [6.45, 7) is 0.729. The second-order valence-corrected chi connectivity index (χ2v) is 7.38. The predicted octanol–water partition coefficient (Wildman–Crippen LogP) is 3.72. The zero-order valence-corrected chi connectivity index (χ0v) is 18.8.